The summed E-state index contributed by atoms with van der Waals surface area (Å²) in [7, 11) is 2.06. The average molecular weight is 307 g/mol. The first-order valence-corrected chi connectivity index (χ1v) is 8.34. The molecule has 1 aromatic rings. The van der Waals surface area contributed by atoms with Gasteiger partial charge in [0.25, 0.3) is 0 Å². The summed E-state index contributed by atoms with van der Waals surface area (Å²) < 4.78 is 7.64. The molecule has 0 amide bonds. The van der Waals surface area contributed by atoms with Gasteiger partial charge in [0.05, 0.1) is 6.61 Å². The predicted octanol–water partition coefficient (Wildman–Crippen LogP) is 1.60. The molecular formula is C16H29N5O. The van der Waals surface area contributed by atoms with E-state index in [1.807, 2.05) is 23.1 Å². The second kappa shape index (κ2) is 9.46. The van der Waals surface area contributed by atoms with Crippen molar-refractivity contribution in [3.63, 3.8) is 0 Å². The van der Waals surface area contributed by atoms with Crippen LogP contribution in [0.1, 0.15) is 26.2 Å². The van der Waals surface area contributed by atoms with Crippen LogP contribution in [0.2, 0.25) is 0 Å². The largest absolute Gasteiger partial charge is 0.379 e. The number of nitrogens with zero attached hydrogens (tertiary/aromatic N) is 4. The third kappa shape index (κ3) is 6.47. The van der Waals surface area contributed by atoms with Crippen LogP contribution in [-0.2, 0) is 11.3 Å². The normalized spacial score (nSPS) is 15.1. The zero-order chi connectivity index (χ0) is 15.6. The molecule has 1 N–H and O–H groups in total. The minimum absolute atomic E-state index is 0.769. The Labute approximate surface area is 133 Å². The van der Waals surface area contributed by atoms with Gasteiger partial charge in [-0.2, -0.15) is 5.10 Å². The Morgan fingerprint density at radius 1 is 1.50 bits per heavy atom. The van der Waals surface area contributed by atoms with Crippen LogP contribution in [0.15, 0.2) is 23.5 Å². The zero-order valence-electron chi connectivity index (χ0n) is 13.9. The average Bonchev–Trinajstić information content (AvgIpc) is 3.20. The van der Waals surface area contributed by atoms with Gasteiger partial charge in [0.2, 0.25) is 0 Å². The fraction of sp³-hybridized carbons (Fsp3) is 0.750. The van der Waals surface area contributed by atoms with Crippen molar-refractivity contribution >= 4 is 5.96 Å². The first-order chi connectivity index (χ1) is 10.8. The molecule has 124 valence electrons. The maximum atomic E-state index is 5.70. The predicted molar refractivity (Wildman–Crippen MR) is 89.0 cm³/mol. The Bertz CT molecular complexity index is 428. The second-order valence-corrected chi connectivity index (χ2v) is 5.80. The van der Waals surface area contributed by atoms with Crippen molar-refractivity contribution in [2.45, 2.75) is 32.7 Å². The summed E-state index contributed by atoms with van der Waals surface area (Å²) in [5.41, 5.74) is 0. The molecule has 0 aliphatic heterocycles. The van der Waals surface area contributed by atoms with Gasteiger partial charge in [0, 0.05) is 52.2 Å². The molecule has 0 spiro atoms. The lowest BCUT2D eigenvalue weighted by Crippen LogP contribution is -2.40. The van der Waals surface area contributed by atoms with Crippen molar-refractivity contribution in [3.05, 3.63) is 18.5 Å². The Morgan fingerprint density at radius 3 is 3.05 bits per heavy atom. The highest BCUT2D eigenvalue weighted by molar-refractivity contribution is 5.79. The third-order valence-corrected chi connectivity index (χ3v) is 3.68. The Balaban J connectivity index is 1.65. The van der Waals surface area contributed by atoms with Crippen LogP contribution in [-0.4, -0.2) is 60.5 Å². The number of likely N-dealkylation sites (N-methyl/N-ethyl adjacent to an activating group) is 1. The summed E-state index contributed by atoms with van der Waals surface area (Å²) in [6.07, 6.45) is 7.47. The SMILES string of the molecule is CCNC(=NCCCn1cccn1)N(C)CCOCC1CC1. The lowest BCUT2D eigenvalue weighted by Gasteiger charge is -2.22. The number of guanidine groups is 1. The fourth-order valence-electron chi connectivity index (χ4n) is 2.16. The van der Waals surface area contributed by atoms with Gasteiger partial charge in [-0.3, -0.25) is 9.67 Å². The van der Waals surface area contributed by atoms with Crippen molar-refractivity contribution in [3.8, 4) is 0 Å². The van der Waals surface area contributed by atoms with Crippen molar-refractivity contribution in [1.29, 1.82) is 0 Å². The van der Waals surface area contributed by atoms with Crippen LogP contribution in [0.5, 0.6) is 0 Å². The molecule has 0 unspecified atom stereocenters. The summed E-state index contributed by atoms with van der Waals surface area (Å²) >= 11 is 0. The van der Waals surface area contributed by atoms with Crippen LogP contribution >= 0.6 is 0 Å². The molecule has 0 saturated heterocycles. The molecule has 1 aliphatic rings. The summed E-state index contributed by atoms with van der Waals surface area (Å²) in [5, 5.41) is 7.54. The zero-order valence-corrected chi connectivity index (χ0v) is 13.9. The minimum atomic E-state index is 0.769. The number of hydrogen-bond donors (Lipinski definition) is 1. The van der Waals surface area contributed by atoms with Gasteiger partial charge in [-0.1, -0.05) is 0 Å². The molecule has 0 radical (unpaired) electrons. The summed E-state index contributed by atoms with van der Waals surface area (Å²) in [6.45, 7) is 7.25. The monoisotopic (exact) mass is 307 g/mol. The number of aliphatic imine (C=N–C) groups is 1. The molecule has 1 saturated carbocycles. The van der Waals surface area contributed by atoms with E-state index in [1.165, 1.54) is 12.8 Å². The summed E-state index contributed by atoms with van der Waals surface area (Å²) in [5.74, 6) is 1.78. The van der Waals surface area contributed by atoms with Gasteiger partial charge in [-0.25, -0.2) is 0 Å². The molecule has 0 bridgehead atoms. The van der Waals surface area contributed by atoms with E-state index >= 15 is 0 Å². The van der Waals surface area contributed by atoms with Gasteiger partial charge in [0.15, 0.2) is 5.96 Å². The van der Waals surface area contributed by atoms with Crippen LogP contribution in [0, 0.1) is 5.92 Å². The lowest BCUT2D eigenvalue weighted by atomic mass is 10.4. The third-order valence-electron chi connectivity index (χ3n) is 3.68. The molecule has 22 heavy (non-hydrogen) atoms. The first kappa shape index (κ1) is 16.8. The van der Waals surface area contributed by atoms with Crippen LogP contribution in [0.4, 0.5) is 0 Å². The van der Waals surface area contributed by atoms with Crippen LogP contribution in [0.25, 0.3) is 0 Å². The van der Waals surface area contributed by atoms with Crippen molar-refractivity contribution in [2.75, 3.05) is 39.9 Å². The van der Waals surface area contributed by atoms with Gasteiger partial charge in [-0.05, 0) is 38.2 Å². The van der Waals surface area contributed by atoms with Crippen molar-refractivity contribution in [2.24, 2.45) is 10.9 Å². The molecule has 0 atom stereocenters. The highest BCUT2D eigenvalue weighted by atomic mass is 16.5. The van der Waals surface area contributed by atoms with E-state index in [1.54, 1.807) is 0 Å². The lowest BCUT2D eigenvalue weighted by molar-refractivity contribution is 0.115. The second-order valence-electron chi connectivity index (χ2n) is 5.80. The molecular weight excluding hydrogens is 278 g/mol. The van der Waals surface area contributed by atoms with Crippen LogP contribution < -0.4 is 5.32 Å². The molecule has 6 nitrogen and oxygen atoms in total. The minimum Gasteiger partial charge on any atom is -0.379 e. The van der Waals surface area contributed by atoms with E-state index in [4.69, 9.17) is 4.74 Å². The standard InChI is InChI=1S/C16H29N5O/c1-3-17-16(18-8-4-10-21-11-5-9-19-21)20(2)12-13-22-14-15-6-7-15/h5,9,11,15H,3-4,6-8,10,12-14H2,1-2H3,(H,17,18). The Kier molecular flexibility index (Phi) is 7.22. The van der Waals surface area contributed by atoms with Gasteiger partial charge in [-0.15, -0.1) is 0 Å². The smallest absolute Gasteiger partial charge is 0.193 e. The Morgan fingerprint density at radius 2 is 2.36 bits per heavy atom. The van der Waals surface area contributed by atoms with Crippen molar-refractivity contribution < 1.29 is 4.74 Å². The maximum Gasteiger partial charge on any atom is 0.193 e. The molecule has 1 aliphatic carbocycles. The number of aryl methyl sites for hydroxylation is 1. The van der Waals surface area contributed by atoms with Crippen LogP contribution in [0.3, 0.4) is 0 Å². The highest BCUT2D eigenvalue weighted by Gasteiger charge is 2.21. The number of ether oxygens (including phenoxy) is 1. The topological polar surface area (TPSA) is 54.7 Å². The molecule has 1 fully saturated rings. The van der Waals surface area contributed by atoms with E-state index in [0.717, 1.165) is 57.7 Å². The van der Waals surface area contributed by atoms with Gasteiger partial charge < -0.3 is 15.0 Å². The van der Waals surface area contributed by atoms with Crippen molar-refractivity contribution in [1.82, 2.24) is 20.0 Å². The molecule has 2 rings (SSSR count). The molecule has 1 heterocycles. The summed E-state index contributed by atoms with van der Waals surface area (Å²) in [4.78, 5) is 6.82. The number of rotatable bonds is 10. The van der Waals surface area contributed by atoms with E-state index in [2.05, 4.69) is 34.3 Å². The van der Waals surface area contributed by atoms with E-state index in [0.29, 0.717) is 0 Å². The summed E-state index contributed by atoms with van der Waals surface area (Å²) in [6, 6.07) is 1.95. The number of hydrogen-bond acceptors (Lipinski definition) is 3. The molecule has 1 aromatic heterocycles. The van der Waals surface area contributed by atoms with E-state index in [9.17, 15) is 0 Å². The highest BCUT2D eigenvalue weighted by Crippen LogP contribution is 2.28. The maximum absolute atomic E-state index is 5.70. The first-order valence-electron chi connectivity index (χ1n) is 8.34. The fourth-order valence-corrected chi connectivity index (χ4v) is 2.16. The van der Waals surface area contributed by atoms with Gasteiger partial charge in [0.1, 0.15) is 0 Å². The number of aromatic nitrogens is 2. The molecule has 6 heteroatoms. The number of nitrogens with one attached hydrogen (secondary N) is 1. The van der Waals surface area contributed by atoms with E-state index < -0.39 is 0 Å². The Hall–Kier alpha value is -1.56. The van der Waals surface area contributed by atoms with E-state index in [-0.39, 0.29) is 0 Å². The quantitative estimate of drug-likeness (QED) is 0.405. The van der Waals surface area contributed by atoms with Gasteiger partial charge >= 0.3 is 0 Å². The molecule has 0 aromatic carbocycles.